The molecule has 0 saturated heterocycles. The molecule has 0 radical (unpaired) electrons. The summed E-state index contributed by atoms with van der Waals surface area (Å²) in [4.78, 5) is 39.0. The molecule has 8 nitrogen and oxygen atoms in total. The van der Waals surface area contributed by atoms with E-state index < -0.39 is 23.4 Å². The lowest BCUT2D eigenvalue weighted by molar-refractivity contribution is -0.133. The van der Waals surface area contributed by atoms with E-state index in [1.165, 1.54) is 18.4 Å². The fraction of sp³-hybridized carbons (Fsp3) is 0.130. The molecule has 1 aromatic carbocycles. The van der Waals surface area contributed by atoms with Crippen molar-refractivity contribution in [2.24, 2.45) is 5.73 Å². The number of nitrogens with one attached hydrogen (secondary N) is 1. The molecule has 2 aromatic heterocycles. The van der Waals surface area contributed by atoms with Crippen LogP contribution in [0.25, 0.3) is 17.5 Å². The number of hydrogen-bond donors (Lipinski definition) is 2. The number of rotatable bonds is 5. The van der Waals surface area contributed by atoms with E-state index in [9.17, 15) is 19.6 Å². The van der Waals surface area contributed by atoms with E-state index in [1.807, 2.05) is 47.8 Å². The van der Waals surface area contributed by atoms with Crippen molar-refractivity contribution in [3.05, 3.63) is 83.4 Å². The Bertz CT molecular complexity index is 1480. The molecule has 0 aliphatic carbocycles. The lowest BCUT2D eigenvalue weighted by Gasteiger charge is -2.24. The van der Waals surface area contributed by atoms with Crippen LogP contribution in [0.5, 0.6) is 0 Å². The Hall–Kier alpha value is -3.94. The normalized spacial score (nSPS) is 15.7. The highest BCUT2D eigenvalue weighted by Gasteiger charge is 2.36. The standard InChI is InChI=1S/C23H18N4O4S2/c1-31-17(28)10-16-22(30)27-20(25)14(11-24)18(15-8-5-9-32-15)19(23(27)33-16)21(29)26-12-13-6-3-2-4-7-13/h2-10,18H,12,25H2,1H3,(H,26,29). The van der Waals surface area contributed by atoms with Crippen LogP contribution in [-0.4, -0.2) is 23.6 Å². The highest BCUT2D eigenvalue weighted by atomic mass is 32.1. The number of nitrogens with zero attached hydrogens (tertiary/aromatic N) is 2. The third kappa shape index (κ3) is 4.11. The molecule has 1 unspecified atom stereocenters. The molecular formula is C23H18N4O4S2. The minimum Gasteiger partial charge on any atom is -0.466 e. The van der Waals surface area contributed by atoms with Gasteiger partial charge >= 0.3 is 5.97 Å². The van der Waals surface area contributed by atoms with E-state index >= 15 is 0 Å². The Labute approximate surface area is 196 Å². The molecule has 3 N–H and O–H groups in total. The molecule has 3 aromatic rings. The number of thiophene rings is 1. The van der Waals surface area contributed by atoms with Gasteiger partial charge in [-0.25, -0.2) is 4.79 Å². The zero-order chi connectivity index (χ0) is 23.5. The van der Waals surface area contributed by atoms with Crippen molar-refractivity contribution in [1.82, 2.24) is 9.88 Å². The average molecular weight is 479 g/mol. The first-order valence-electron chi connectivity index (χ1n) is 9.77. The van der Waals surface area contributed by atoms with Crippen molar-refractivity contribution in [2.75, 3.05) is 7.11 Å². The number of carbonyl (C=O) groups is 2. The van der Waals surface area contributed by atoms with Crippen molar-refractivity contribution >= 4 is 52.0 Å². The third-order valence-electron chi connectivity index (χ3n) is 5.09. The molecule has 0 saturated carbocycles. The zero-order valence-corrected chi connectivity index (χ0v) is 19.0. The fourth-order valence-corrected chi connectivity index (χ4v) is 5.53. The van der Waals surface area contributed by atoms with Gasteiger partial charge in [-0.2, -0.15) is 5.26 Å². The van der Waals surface area contributed by atoms with Crippen LogP contribution in [0, 0.1) is 11.3 Å². The first-order chi connectivity index (χ1) is 16.0. The van der Waals surface area contributed by atoms with E-state index in [1.54, 1.807) is 0 Å². The van der Waals surface area contributed by atoms with Crippen LogP contribution in [0.2, 0.25) is 0 Å². The number of fused-ring (bicyclic) bond motifs is 1. The van der Waals surface area contributed by atoms with Crippen LogP contribution in [0.3, 0.4) is 0 Å². The van der Waals surface area contributed by atoms with E-state index in [0.29, 0.717) is 0 Å². The molecule has 166 valence electrons. The Morgan fingerprint density at radius 3 is 2.67 bits per heavy atom. The van der Waals surface area contributed by atoms with Gasteiger partial charge in [0.2, 0.25) is 0 Å². The molecule has 0 bridgehead atoms. The number of allylic oxidation sites excluding steroid dienone is 1. The topological polar surface area (TPSA) is 127 Å². The molecule has 1 aliphatic rings. The van der Waals surface area contributed by atoms with Gasteiger partial charge in [0.1, 0.15) is 15.0 Å². The molecule has 4 rings (SSSR count). The number of methoxy groups -OCH3 is 1. The quantitative estimate of drug-likeness (QED) is 0.523. The molecular weight excluding hydrogens is 460 g/mol. The summed E-state index contributed by atoms with van der Waals surface area (Å²) in [6.07, 6.45) is 1.05. The fourth-order valence-electron chi connectivity index (χ4n) is 3.55. The van der Waals surface area contributed by atoms with Gasteiger partial charge in [0.05, 0.1) is 30.2 Å². The van der Waals surface area contributed by atoms with Gasteiger partial charge in [-0.05, 0) is 17.0 Å². The van der Waals surface area contributed by atoms with Crippen LogP contribution in [0.4, 0.5) is 0 Å². The Balaban J connectivity index is 1.95. The van der Waals surface area contributed by atoms with Gasteiger partial charge < -0.3 is 15.8 Å². The summed E-state index contributed by atoms with van der Waals surface area (Å²) >= 11 is 2.34. The van der Waals surface area contributed by atoms with Crippen LogP contribution in [-0.2, 0) is 20.9 Å². The van der Waals surface area contributed by atoms with Crippen molar-refractivity contribution in [3.63, 3.8) is 0 Å². The van der Waals surface area contributed by atoms with Gasteiger partial charge in [-0.1, -0.05) is 36.4 Å². The maximum atomic E-state index is 13.5. The number of ether oxygens (including phenoxy) is 1. The van der Waals surface area contributed by atoms with Gasteiger partial charge in [-0.15, -0.1) is 22.7 Å². The number of nitrogens with two attached hydrogens (primary N) is 1. The molecule has 10 heteroatoms. The number of carbonyl (C=O) groups excluding carboxylic acids is 2. The second-order valence-electron chi connectivity index (χ2n) is 7.02. The molecule has 0 spiro atoms. The van der Waals surface area contributed by atoms with E-state index in [-0.39, 0.29) is 32.7 Å². The van der Waals surface area contributed by atoms with Crippen molar-refractivity contribution in [2.45, 2.75) is 12.5 Å². The second kappa shape index (κ2) is 9.28. The summed E-state index contributed by atoms with van der Waals surface area (Å²) in [6, 6.07) is 15.1. The van der Waals surface area contributed by atoms with E-state index in [4.69, 9.17) is 5.73 Å². The summed E-state index contributed by atoms with van der Waals surface area (Å²) in [5.74, 6) is -1.94. The first-order valence-corrected chi connectivity index (χ1v) is 11.5. The third-order valence-corrected chi connectivity index (χ3v) is 7.13. The van der Waals surface area contributed by atoms with E-state index in [0.717, 1.165) is 32.4 Å². The maximum absolute atomic E-state index is 13.5. The molecule has 3 heterocycles. The van der Waals surface area contributed by atoms with Gasteiger partial charge in [0, 0.05) is 17.5 Å². The molecule has 1 atom stereocenters. The van der Waals surface area contributed by atoms with Gasteiger partial charge in [0.25, 0.3) is 11.5 Å². The smallest absolute Gasteiger partial charge is 0.332 e. The molecule has 1 amide bonds. The summed E-state index contributed by atoms with van der Waals surface area (Å²) in [5, 5.41) is 14.6. The highest BCUT2D eigenvalue weighted by molar-refractivity contribution is 7.10. The number of esters is 1. The number of benzene rings is 1. The van der Waals surface area contributed by atoms with Crippen LogP contribution >= 0.6 is 22.7 Å². The number of amides is 1. The number of hydrogen-bond acceptors (Lipinski definition) is 8. The SMILES string of the molecule is COC(=O)C=c1sc2n(c1=O)C(N)=C(C#N)C(c1cccs1)C=2C(=O)NCc1ccccc1. The lowest BCUT2D eigenvalue weighted by Crippen LogP contribution is -2.41. The Morgan fingerprint density at radius 2 is 2.03 bits per heavy atom. The molecule has 1 aliphatic heterocycles. The predicted octanol–water partition coefficient (Wildman–Crippen LogP) is 0.840. The Morgan fingerprint density at radius 1 is 1.27 bits per heavy atom. The van der Waals surface area contributed by atoms with Crippen molar-refractivity contribution < 1.29 is 14.3 Å². The minimum absolute atomic E-state index is 0.0530. The monoisotopic (exact) mass is 478 g/mol. The van der Waals surface area contributed by atoms with Crippen LogP contribution in [0.1, 0.15) is 16.4 Å². The first kappa shape index (κ1) is 22.3. The number of aromatic nitrogens is 1. The Kier molecular flexibility index (Phi) is 6.26. The van der Waals surface area contributed by atoms with E-state index in [2.05, 4.69) is 16.1 Å². The average Bonchev–Trinajstić information content (AvgIpc) is 3.46. The van der Waals surface area contributed by atoms with Crippen molar-refractivity contribution in [3.8, 4) is 6.07 Å². The minimum atomic E-state index is -0.741. The van der Waals surface area contributed by atoms with Gasteiger partial charge in [-0.3, -0.25) is 14.2 Å². The largest absolute Gasteiger partial charge is 0.466 e. The second-order valence-corrected chi connectivity index (χ2v) is 9.03. The number of thiazole rings is 1. The van der Waals surface area contributed by atoms with Crippen LogP contribution in [0.15, 0.2) is 58.2 Å². The zero-order valence-electron chi connectivity index (χ0n) is 17.4. The van der Waals surface area contributed by atoms with Gasteiger partial charge in [0.15, 0.2) is 0 Å². The summed E-state index contributed by atoms with van der Waals surface area (Å²) in [7, 11) is 1.20. The number of nitriles is 1. The summed E-state index contributed by atoms with van der Waals surface area (Å²) < 4.78 is 6.09. The summed E-state index contributed by atoms with van der Waals surface area (Å²) in [6.45, 7) is 0.262. The van der Waals surface area contributed by atoms with Crippen LogP contribution < -0.4 is 25.8 Å². The predicted molar refractivity (Wildman–Crippen MR) is 126 cm³/mol. The maximum Gasteiger partial charge on any atom is 0.332 e. The summed E-state index contributed by atoms with van der Waals surface area (Å²) in [5.41, 5.74) is 6.89. The molecule has 33 heavy (non-hydrogen) atoms. The van der Waals surface area contributed by atoms with Crippen molar-refractivity contribution in [1.29, 1.82) is 5.26 Å². The highest BCUT2D eigenvalue weighted by Crippen LogP contribution is 2.38. The molecule has 0 fully saturated rings. The lowest BCUT2D eigenvalue weighted by atomic mass is 9.88.